The zero-order chi connectivity index (χ0) is 10.1. The molecule has 72 valence electrons. The summed E-state index contributed by atoms with van der Waals surface area (Å²) in [6.45, 7) is 0. The first-order chi connectivity index (χ1) is 6.72. The van der Waals surface area contributed by atoms with E-state index in [1.807, 2.05) is 0 Å². The van der Waals surface area contributed by atoms with Gasteiger partial charge in [-0.3, -0.25) is 5.10 Å². The smallest absolute Gasteiger partial charge is 0.340 e. The molecule has 1 N–H and O–H groups in total. The van der Waals surface area contributed by atoms with Crippen LogP contribution in [0.1, 0.15) is 10.4 Å². The van der Waals surface area contributed by atoms with Crippen molar-refractivity contribution in [2.24, 2.45) is 0 Å². The molecular formula is C9H7FN2O2. The minimum atomic E-state index is -0.695. The van der Waals surface area contributed by atoms with Crippen molar-refractivity contribution in [3.63, 3.8) is 0 Å². The topological polar surface area (TPSA) is 55.0 Å². The molecule has 14 heavy (non-hydrogen) atoms. The van der Waals surface area contributed by atoms with Crippen molar-refractivity contribution >= 4 is 16.9 Å². The fourth-order valence-corrected chi connectivity index (χ4v) is 1.23. The van der Waals surface area contributed by atoms with Crippen LogP contribution in [0.25, 0.3) is 10.9 Å². The van der Waals surface area contributed by atoms with Gasteiger partial charge < -0.3 is 4.74 Å². The number of nitrogens with zero attached hydrogens (tertiary/aromatic N) is 1. The summed E-state index contributed by atoms with van der Waals surface area (Å²) >= 11 is 0. The molecule has 0 unspecified atom stereocenters. The number of aromatic amines is 1. The first-order valence-electron chi connectivity index (χ1n) is 3.93. The van der Waals surface area contributed by atoms with E-state index in [1.165, 1.54) is 25.4 Å². The highest BCUT2D eigenvalue weighted by Crippen LogP contribution is 2.17. The average Bonchev–Trinajstić information content (AvgIpc) is 2.62. The molecule has 0 bridgehead atoms. The van der Waals surface area contributed by atoms with Crippen LogP contribution in [0.15, 0.2) is 18.3 Å². The number of rotatable bonds is 1. The van der Waals surface area contributed by atoms with E-state index >= 15 is 0 Å². The molecule has 0 saturated heterocycles. The van der Waals surface area contributed by atoms with Gasteiger partial charge in [0.05, 0.1) is 24.4 Å². The Morgan fingerprint density at radius 2 is 2.36 bits per heavy atom. The second kappa shape index (κ2) is 3.10. The summed E-state index contributed by atoms with van der Waals surface area (Å²) in [4.78, 5) is 11.1. The van der Waals surface area contributed by atoms with Crippen molar-refractivity contribution in [3.8, 4) is 0 Å². The molecule has 1 aromatic heterocycles. The summed E-state index contributed by atoms with van der Waals surface area (Å²) in [5.74, 6) is -1.30. The van der Waals surface area contributed by atoms with Gasteiger partial charge >= 0.3 is 5.97 Å². The van der Waals surface area contributed by atoms with Crippen LogP contribution in [0.3, 0.4) is 0 Å². The van der Waals surface area contributed by atoms with Crippen LogP contribution < -0.4 is 0 Å². The molecule has 2 rings (SSSR count). The molecule has 0 fully saturated rings. The third kappa shape index (κ3) is 1.22. The molecule has 1 heterocycles. The Kier molecular flexibility index (Phi) is 1.92. The number of ether oxygens (including phenoxy) is 1. The largest absolute Gasteiger partial charge is 0.465 e. The minimum absolute atomic E-state index is 0.0933. The Morgan fingerprint density at radius 3 is 3.07 bits per heavy atom. The SMILES string of the molecule is COC(=O)c1cc2[nH]ncc2cc1F. The van der Waals surface area contributed by atoms with E-state index in [0.717, 1.165) is 0 Å². The molecule has 4 nitrogen and oxygen atoms in total. The predicted octanol–water partition coefficient (Wildman–Crippen LogP) is 1.49. The fourth-order valence-electron chi connectivity index (χ4n) is 1.23. The maximum atomic E-state index is 13.3. The van der Waals surface area contributed by atoms with Gasteiger partial charge in [0.15, 0.2) is 0 Å². The van der Waals surface area contributed by atoms with Gasteiger partial charge in [-0.05, 0) is 12.1 Å². The number of aromatic nitrogens is 2. The predicted molar refractivity (Wildman–Crippen MR) is 47.4 cm³/mol. The lowest BCUT2D eigenvalue weighted by Gasteiger charge is -2.00. The van der Waals surface area contributed by atoms with Gasteiger partial charge in [0, 0.05) is 5.39 Å². The summed E-state index contributed by atoms with van der Waals surface area (Å²) in [6, 6.07) is 2.62. The van der Waals surface area contributed by atoms with Crippen molar-refractivity contribution in [2.45, 2.75) is 0 Å². The third-order valence-electron chi connectivity index (χ3n) is 1.93. The third-order valence-corrected chi connectivity index (χ3v) is 1.93. The highest BCUT2D eigenvalue weighted by molar-refractivity contribution is 5.94. The highest BCUT2D eigenvalue weighted by Gasteiger charge is 2.13. The summed E-state index contributed by atoms with van der Waals surface area (Å²) in [6.07, 6.45) is 1.49. The Morgan fingerprint density at radius 1 is 1.57 bits per heavy atom. The number of H-pyrrole nitrogens is 1. The van der Waals surface area contributed by atoms with Gasteiger partial charge in [0.25, 0.3) is 0 Å². The van der Waals surface area contributed by atoms with Crippen molar-refractivity contribution < 1.29 is 13.9 Å². The van der Waals surface area contributed by atoms with Gasteiger partial charge in [-0.2, -0.15) is 5.10 Å². The molecule has 0 aliphatic carbocycles. The quantitative estimate of drug-likeness (QED) is 0.699. The lowest BCUT2D eigenvalue weighted by Crippen LogP contribution is -2.04. The summed E-state index contributed by atoms with van der Waals surface area (Å²) < 4.78 is 17.7. The number of nitrogens with one attached hydrogen (secondary N) is 1. The molecule has 0 saturated carbocycles. The van der Waals surface area contributed by atoms with E-state index in [1.54, 1.807) is 0 Å². The number of methoxy groups -OCH3 is 1. The van der Waals surface area contributed by atoms with E-state index in [4.69, 9.17) is 0 Å². The second-order valence-electron chi connectivity index (χ2n) is 2.78. The first-order valence-corrected chi connectivity index (χ1v) is 3.93. The van der Waals surface area contributed by atoms with Gasteiger partial charge in [-0.25, -0.2) is 9.18 Å². The number of fused-ring (bicyclic) bond motifs is 1. The van der Waals surface area contributed by atoms with Crippen LogP contribution >= 0.6 is 0 Å². The first kappa shape index (κ1) is 8.68. The van der Waals surface area contributed by atoms with E-state index < -0.39 is 11.8 Å². The second-order valence-corrected chi connectivity index (χ2v) is 2.78. The maximum Gasteiger partial charge on any atom is 0.340 e. The highest BCUT2D eigenvalue weighted by atomic mass is 19.1. The van der Waals surface area contributed by atoms with Crippen molar-refractivity contribution in [3.05, 3.63) is 29.7 Å². The van der Waals surface area contributed by atoms with E-state index in [0.29, 0.717) is 10.9 Å². The van der Waals surface area contributed by atoms with Crippen LogP contribution in [0.2, 0.25) is 0 Å². The Bertz CT molecular complexity index is 493. The number of halogens is 1. The molecule has 0 atom stereocenters. The van der Waals surface area contributed by atoms with Crippen molar-refractivity contribution in [2.75, 3.05) is 7.11 Å². The normalized spacial score (nSPS) is 10.4. The molecule has 0 amide bonds. The molecule has 0 aliphatic heterocycles. The zero-order valence-corrected chi connectivity index (χ0v) is 7.37. The zero-order valence-electron chi connectivity index (χ0n) is 7.37. The summed E-state index contributed by atoms with van der Waals surface area (Å²) in [5.41, 5.74) is 0.510. The van der Waals surface area contributed by atoms with Crippen molar-refractivity contribution in [1.29, 1.82) is 0 Å². The maximum absolute atomic E-state index is 13.3. The standard InChI is InChI=1S/C9H7FN2O2/c1-14-9(13)6-3-8-5(2-7(6)10)4-11-12-8/h2-4H,1H3,(H,11,12). The van der Waals surface area contributed by atoms with Crippen LogP contribution in [0.5, 0.6) is 0 Å². The molecule has 0 aliphatic rings. The number of benzene rings is 1. The van der Waals surface area contributed by atoms with Crippen LogP contribution in [0, 0.1) is 5.82 Å². The lowest BCUT2D eigenvalue weighted by molar-refractivity contribution is 0.0595. The van der Waals surface area contributed by atoms with Crippen molar-refractivity contribution in [1.82, 2.24) is 10.2 Å². The monoisotopic (exact) mass is 194 g/mol. The Labute approximate surface area is 78.7 Å². The molecule has 2 aromatic rings. The van der Waals surface area contributed by atoms with E-state index in [9.17, 15) is 9.18 Å². The van der Waals surface area contributed by atoms with E-state index in [-0.39, 0.29) is 5.56 Å². The number of hydrogen-bond acceptors (Lipinski definition) is 3. The van der Waals surface area contributed by atoms with E-state index in [2.05, 4.69) is 14.9 Å². The van der Waals surface area contributed by atoms with Crippen LogP contribution in [0.4, 0.5) is 4.39 Å². The summed E-state index contributed by atoms with van der Waals surface area (Å²) in [5, 5.41) is 6.99. The lowest BCUT2D eigenvalue weighted by atomic mass is 10.1. The van der Waals surface area contributed by atoms with Gasteiger partial charge in [-0.15, -0.1) is 0 Å². The van der Waals surface area contributed by atoms with Gasteiger partial charge in [0.1, 0.15) is 5.82 Å². The number of esters is 1. The number of carbonyl (C=O) groups excluding carboxylic acids is 1. The van der Waals surface area contributed by atoms with Crippen LogP contribution in [-0.4, -0.2) is 23.3 Å². The van der Waals surface area contributed by atoms with Gasteiger partial charge in [0.2, 0.25) is 0 Å². The molecule has 5 heteroatoms. The summed E-state index contributed by atoms with van der Waals surface area (Å²) in [7, 11) is 1.21. The molecular weight excluding hydrogens is 187 g/mol. The fraction of sp³-hybridized carbons (Fsp3) is 0.111. The van der Waals surface area contributed by atoms with Crippen LogP contribution in [-0.2, 0) is 4.74 Å². The Hall–Kier alpha value is -1.91. The molecule has 1 aromatic carbocycles. The average molecular weight is 194 g/mol. The van der Waals surface area contributed by atoms with Gasteiger partial charge in [-0.1, -0.05) is 0 Å². The molecule has 0 spiro atoms. The molecule has 0 radical (unpaired) electrons. The minimum Gasteiger partial charge on any atom is -0.465 e. The number of hydrogen-bond donors (Lipinski definition) is 1. The number of carbonyl (C=O) groups is 1. The Balaban J connectivity index is 2.64.